The van der Waals surface area contributed by atoms with Gasteiger partial charge in [-0.05, 0) is 51.4 Å². The molecule has 7 heteroatoms. The van der Waals surface area contributed by atoms with E-state index in [0.717, 1.165) is 57.3 Å². The van der Waals surface area contributed by atoms with Crippen LogP contribution in [0.15, 0.2) is 23.3 Å². The number of pyridine rings is 1. The maximum atomic E-state index is 4.55. The van der Waals surface area contributed by atoms with Crippen LogP contribution in [0.25, 0.3) is 0 Å². The third-order valence-corrected chi connectivity index (χ3v) is 4.96. The average Bonchev–Trinajstić information content (AvgIpc) is 2.66. The Bertz CT molecular complexity index is 540. The topological polar surface area (TPSA) is 55.8 Å². The molecular weight excluding hydrogens is 451 g/mol. The Labute approximate surface area is 182 Å². The van der Waals surface area contributed by atoms with Gasteiger partial charge < -0.3 is 20.4 Å². The maximum absolute atomic E-state index is 4.55. The number of likely N-dealkylation sites (N-methyl/N-ethyl adjacent to an activating group) is 1. The summed E-state index contributed by atoms with van der Waals surface area (Å²) in [4.78, 5) is 13.7. The summed E-state index contributed by atoms with van der Waals surface area (Å²) in [5.41, 5.74) is 1.21. The van der Waals surface area contributed by atoms with Gasteiger partial charge >= 0.3 is 0 Å². The summed E-state index contributed by atoms with van der Waals surface area (Å²) in [6, 6.07) is 4.73. The lowest BCUT2D eigenvalue weighted by Crippen LogP contribution is -2.49. The van der Waals surface area contributed by atoms with Gasteiger partial charge in [0.05, 0.1) is 0 Å². The van der Waals surface area contributed by atoms with E-state index in [4.69, 9.17) is 0 Å². The van der Waals surface area contributed by atoms with Crippen LogP contribution in [0.4, 0.5) is 5.82 Å². The molecule has 27 heavy (non-hydrogen) atoms. The van der Waals surface area contributed by atoms with E-state index in [1.165, 1.54) is 18.4 Å². The minimum absolute atomic E-state index is 0. The van der Waals surface area contributed by atoms with Crippen LogP contribution in [0, 0.1) is 6.92 Å². The molecule has 0 spiro atoms. The SMILES string of the molecule is CCCCN(C)CCNC(=NC)NC1CCN(c2ccc(C)cn2)CC1.I. The van der Waals surface area contributed by atoms with Gasteiger partial charge in [-0.3, -0.25) is 4.99 Å². The molecule has 1 saturated heterocycles. The Kier molecular flexibility index (Phi) is 11.7. The van der Waals surface area contributed by atoms with Crippen molar-refractivity contribution in [3.05, 3.63) is 23.9 Å². The number of aromatic nitrogens is 1. The zero-order valence-electron chi connectivity index (χ0n) is 17.4. The van der Waals surface area contributed by atoms with E-state index >= 15 is 0 Å². The zero-order chi connectivity index (χ0) is 18.8. The molecule has 6 nitrogen and oxygen atoms in total. The van der Waals surface area contributed by atoms with Crippen molar-refractivity contribution in [3.63, 3.8) is 0 Å². The first-order valence-electron chi connectivity index (χ1n) is 9.95. The number of anilines is 1. The number of aryl methyl sites for hydroxylation is 1. The van der Waals surface area contributed by atoms with E-state index in [0.29, 0.717) is 6.04 Å². The fourth-order valence-corrected chi connectivity index (χ4v) is 3.19. The fraction of sp³-hybridized carbons (Fsp3) is 0.700. The number of hydrogen-bond acceptors (Lipinski definition) is 4. The fourth-order valence-electron chi connectivity index (χ4n) is 3.19. The minimum atomic E-state index is 0. The van der Waals surface area contributed by atoms with E-state index in [9.17, 15) is 0 Å². The lowest BCUT2D eigenvalue weighted by Gasteiger charge is -2.34. The summed E-state index contributed by atoms with van der Waals surface area (Å²) < 4.78 is 0. The van der Waals surface area contributed by atoms with E-state index in [2.05, 4.69) is 63.4 Å². The second-order valence-electron chi connectivity index (χ2n) is 7.26. The number of aliphatic imine (C=N–C) groups is 1. The van der Waals surface area contributed by atoms with Gasteiger partial charge in [-0.1, -0.05) is 19.4 Å². The molecule has 0 amide bonds. The van der Waals surface area contributed by atoms with Gasteiger partial charge in [-0.25, -0.2) is 4.98 Å². The lowest BCUT2D eigenvalue weighted by molar-refractivity contribution is 0.331. The van der Waals surface area contributed by atoms with Gasteiger partial charge in [0.1, 0.15) is 5.82 Å². The molecule has 1 aliphatic rings. The zero-order valence-corrected chi connectivity index (χ0v) is 19.7. The summed E-state index contributed by atoms with van der Waals surface area (Å²) in [5, 5.41) is 7.02. The molecule has 1 aromatic rings. The van der Waals surface area contributed by atoms with Crippen LogP contribution in [-0.2, 0) is 0 Å². The molecule has 0 aromatic carbocycles. The van der Waals surface area contributed by atoms with E-state index in [-0.39, 0.29) is 24.0 Å². The molecule has 0 aliphatic carbocycles. The first kappa shape index (κ1) is 23.9. The van der Waals surface area contributed by atoms with Crippen LogP contribution < -0.4 is 15.5 Å². The Morgan fingerprint density at radius 3 is 2.63 bits per heavy atom. The standard InChI is InChI=1S/C20H36N6.HI/c1-5-6-12-25(4)15-11-22-20(21-3)24-18-9-13-26(14-10-18)19-8-7-17(2)16-23-19;/h7-8,16,18H,5-6,9-15H2,1-4H3,(H2,21,22,24);1H. The van der Waals surface area contributed by atoms with Gasteiger partial charge in [0, 0.05) is 45.5 Å². The van der Waals surface area contributed by atoms with Crippen molar-refractivity contribution in [2.75, 3.05) is 51.7 Å². The number of rotatable bonds is 8. The molecule has 1 aromatic heterocycles. The molecule has 0 bridgehead atoms. The molecule has 0 atom stereocenters. The number of hydrogen-bond donors (Lipinski definition) is 2. The highest BCUT2D eigenvalue weighted by Gasteiger charge is 2.20. The Hall–Kier alpha value is -1.09. The quantitative estimate of drug-likeness (QED) is 0.335. The molecule has 0 saturated carbocycles. The summed E-state index contributed by atoms with van der Waals surface area (Å²) in [6.45, 7) is 9.50. The van der Waals surface area contributed by atoms with Crippen LogP contribution in [0.2, 0.25) is 0 Å². The Morgan fingerprint density at radius 2 is 2.04 bits per heavy atom. The van der Waals surface area contributed by atoms with Crippen LogP contribution in [0.1, 0.15) is 38.2 Å². The number of unbranched alkanes of at least 4 members (excludes halogenated alkanes) is 1. The van der Waals surface area contributed by atoms with Gasteiger partial charge in [0.15, 0.2) is 5.96 Å². The molecule has 2 rings (SSSR count). The van der Waals surface area contributed by atoms with E-state index in [1.54, 1.807) is 0 Å². The average molecular weight is 488 g/mol. The first-order valence-corrected chi connectivity index (χ1v) is 9.95. The molecule has 2 heterocycles. The Morgan fingerprint density at radius 1 is 1.30 bits per heavy atom. The van der Waals surface area contributed by atoms with Crippen LogP contribution in [-0.4, -0.2) is 68.7 Å². The highest BCUT2D eigenvalue weighted by Crippen LogP contribution is 2.17. The Balaban J connectivity index is 0.00000364. The predicted molar refractivity (Wildman–Crippen MR) is 127 cm³/mol. The van der Waals surface area contributed by atoms with Gasteiger partial charge in [0.2, 0.25) is 0 Å². The summed E-state index contributed by atoms with van der Waals surface area (Å²) in [7, 11) is 4.03. The smallest absolute Gasteiger partial charge is 0.191 e. The predicted octanol–water partition coefficient (Wildman–Crippen LogP) is 2.87. The van der Waals surface area contributed by atoms with Crippen LogP contribution in [0.3, 0.4) is 0 Å². The number of guanidine groups is 1. The van der Waals surface area contributed by atoms with Crippen molar-refractivity contribution < 1.29 is 0 Å². The van der Waals surface area contributed by atoms with E-state index in [1.807, 2.05) is 13.2 Å². The second kappa shape index (κ2) is 13.1. The molecule has 154 valence electrons. The molecular formula is C20H37IN6. The second-order valence-corrected chi connectivity index (χ2v) is 7.26. The molecule has 1 aliphatic heterocycles. The number of nitrogens with zero attached hydrogens (tertiary/aromatic N) is 4. The van der Waals surface area contributed by atoms with Crippen LogP contribution in [0.5, 0.6) is 0 Å². The van der Waals surface area contributed by atoms with Crippen molar-refractivity contribution in [3.8, 4) is 0 Å². The largest absolute Gasteiger partial charge is 0.356 e. The third-order valence-electron chi connectivity index (χ3n) is 4.96. The summed E-state index contributed by atoms with van der Waals surface area (Å²) in [5.74, 6) is 2.01. The van der Waals surface area contributed by atoms with Crippen molar-refractivity contribution in [2.45, 2.75) is 45.6 Å². The molecule has 0 radical (unpaired) electrons. The number of piperidine rings is 1. The van der Waals surface area contributed by atoms with Crippen molar-refractivity contribution in [1.29, 1.82) is 0 Å². The first-order chi connectivity index (χ1) is 12.6. The van der Waals surface area contributed by atoms with Crippen LogP contribution >= 0.6 is 24.0 Å². The van der Waals surface area contributed by atoms with Crippen molar-refractivity contribution >= 4 is 35.8 Å². The number of halogens is 1. The van der Waals surface area contributed by atoms with E-state index < -0.39 is 0 Å². The monoisotopic (exact) mass is 488 g/mol. The third kappa shape index (κ3) is 8.64. The normalized spacial score (nSPS) is 15.6. The number of nitrogens with one attached hydrogen (secondary N) is 2. The molecule has 0 unspecified atom stereocenters. The van der Waals surface area contributed by atoms with Gasteiger partial charge in [0.25, 0.3) is 0 Å². The molecule has 2 N–H and O–H groups in total. The summed E-state index contributed by atoms with van der Waals surface area (Å²) >= 11 is 0. The highest BCUT2D eigenvalue weighted by molar-refractivity contribution is 14.0. The van der Waals surface area contributed by atoms with Gasteiger partial charge in [-0.2, -0.15) is 0 Å². The van der Waals surface area contributed by atoms with Crippen molar-refractivity contribution in [1.82, 2.24) is 20.5 Å². The van der Waals surface area contributed by atoms with Gasteiger partial charge in [-0.15, -0.1) is 24.0 Å². The molecule has 1 fully saturated rings. The highest BCUT2D eigenvalue weighted by atomic mass is 127. The minimum Gasteiger partial charge on any atom is -0.356 e. The lowest BCUT2D eigenvalue weighted by atomic mass is 10.1. The summed E-state index contributed by atoms with van der Waals surface area (Å²) in [6.07, 6.45) is 6.66. The van der Waals surface area contributed by atoms with Crippen molar-refractivity contribution in [2.24, 2.45) is 4.99 Å². The maximum Gasteiger partial charge on any atom is 0.191 e.